The van der Waals surface area contributed by atoms with Crippen LogP contribution in [0.4, 0.5) is 4.39 Å². The van der Waals surface area contributed by atoms with E-state index in [2.05, 4.69) is 33.1 Å². The predicted octanol–water partition coefficient (Wildman–Crippen LogP) is 4.25. The molecule has 146 valence electrons. The van der Waals surface area contributed by atoms with Gasteiger partial charge in [-0.2, -0.15) is 10.4 Å². The SMILES string of the molecule is CCOc1cc(/C=N\NC(=O)c2ccc(C#N)cc2F)cc(I)c1OC(C)C. The fourth-order valence-corrected chi connectivity index (χ4v) is 3.02. The summed E-state index contributed by atoms with van der Waals surface area (Å²) in [5.74, 6) is -0.264. The van der Waals surface area contributed by atoms with E-state index in [0.29, 0.717) is 23.7 Å². The van der Waals surface area contributed by atoms with Crippen LogP contribution < -0.4 is 14.9 Å². The molecule has 0 bridgehead atoms. The first-order valence-corrected chi connectivity index (χ1v) is 9.59. The van der Waals surface area contributed by atoms with E-state index in [-0.39, 0.29) is 17.2 Å². The molecular formula is C20H19FIN3O3. The smallest absolute Gasteiger partial charge is 0.274 e. The third-order valence-electron chi connectivity index (χ3n) is 3.41. The van der Waals surface area contributed by atoms with Gasteiger partial charge in [-0.1, -0.05) is 0 Å². The lowest BCUT2D eigenvalue weighted by Gasteiger charge is -2.16. The van der Waals surface area contributed by atoms with Crippen molar-refractivity contribution >= 4 is 34.7 Å². The standard InChI is InChI=1S/C20H19FIN3O3/c1-4-27-18-9-14(8-17(22)19(18)28-12(2)3)11-24-25-20(26)15-6-5-13(10-23)7-16(15)21/h5-9,11-12H,4H2,1-3H3,(H,25,26)/b24-11-. The maximum atomic E-state index is 13.9. The Labute approximate surface area is 176 Å². The van der Waals surface area contributed by atoms with Crippen molar-refractivity contribution in [2.45, 2.75) is 26.9 Å². The first-order valence-electron chi connectivity index (χ1n) is 8.51. The van der Waals surface area contributed by atoms with Gasteiger partial charge in [-0.3, -0.25) is 4.79 Å². The Morgan fingerprint density at radius 3 is 2.75 bits per heavy atom. The zero-order chi connectivity index (χ0) is 20.7. The maximum Gasteiger partial charge on any atom is 0.274 e. The Balaban J connectivity index is 2.17. The molecule has 6 nitrogen and oxygen atoms in total. The number of nitrogens with one attached hydrogen (secondary N) is 1. The molecule has 1 amide bonds. The van der Waals surface area contributed by atoms with Crippen LogP contribution in [0.25, 0.3) is 0 Å². The molecule has 2 aromatic rings. The number of rotatable bonds is 7. The number of hydrogen-bond acceptors (Lipinski definition) is 5. The summed E-state index contributed by atoms with van der Waals surface area (Å²) >= 11 is 2.14. The monoisotopic (exact) mass is 495 g/mol. The van der Waals surface area contributed by atoms with E-state index >= 15 is 0 Å². The highest BCUT2D eigenvalue weighted by molar-refractivity contribution is 14.1. The molecule has 28 heavy (non-hydrogen) atoms. The van der Waals surface area contributed by atoms with Gasteiger partial charge in [0.25, 0.3) is 5.91 Å². The van der Waals surface area contributed by atoms with Crippen molar-refractivity contribution in [1.29, 1.82) is 5.26 Å². The summed E-state index contributed by atoms with van der Waals surface area (Å²) in [5, 5.41) is 12.6. The highest BCUT2D eigenvalue weighted by Crippen LogP contribution is 2.34. The van der Waals surface area contributed by atoms with Crippen molar-refractivity contribution in [1.82, 2.24) is 5.43 Å². The van der Waals surface area contributed by atoms with Crippen molar-refractivity contribution in [3.63, 3.8) is 0 Å². The number of hydrazone groups is 1. The fourth-order valence-electron chi connectivity index (χ4n) is 2.27. The van der Waals surface area contributed by atoms with Gasteiger partial charge in [0.2, 0.25) is 0 Å². The summed E-state index contributed by atoms with van der Waals surface area (Å²) in [7, 11) is 0. The lowest BCUT2D eigenvalue weighted by atomic mass is 10.1. The zero-order valence-electron chi connectivity index (χ0n) is 15.6. The van der Waals surface area contributed by atoms with Crippen molar-refractivity contribution in [3.8, 4) is 17.6 Å². The third-order valence-corrected chi connectivity index (χ3v) is 4.21. The van der Waals surface area contributed by atoms with Crippen molar-refractivity contribution in [3.05, 3.63) is 56.4 Å². The summed E-state index contributed by atoms with van der Waals surface area (Å²) in [4.78, 5) is 12.1. The molecular weight excluding hydrogens is 476 g/mol. The molecule has 0 heterocycles. The number of carbonyl (C=O) groups is 1. The average molecular weight is 495 g/mol. The lowest BCUT2D eigenvalue weighted by molar-refractivity contribution is 0.0951. The topological polar surface area (TPSA) is 83.7 Å². The van der Waals surface area contributed by atoms with Gasteiger partial charge in [-0.15, -0.1) is 0 Å². The van der Waals surface area contributed by atoms with E-state index in [4.69, 9.17) is 14.7 Å². The van der Waals surface area contributed by atoms with Gasteiger partial charge in [-0.25, -0.2) is 9.82 Å². The summed E-state index contributed by atoms with van der Waals surface area (Å²) in [6.07, 6.45) is 1.43. The number of carbonyl (C=O) groups excluding carboxylic acids is 1. The van der Waals surface area contributed by atoms with Crippen LogP contribution in [0.2, 0.25) is 0 Å². The van der Waals surface area contributed by atoms with Crippen LogP contribution >= 0.6 is 22.6 Å². The summed E-state index contributed by atoms with van der Waals surface area (Å²) in [6, 6.07) is 9.01. The van der Waals surface area contributed by atoms with Gasteiger partial charge >= 0.3 is 0 Å². The second-order valence-corrected chi connectivity index (χ2v) is 7.10. The molecule has 0 aliphatic rings. The van der Waals surface area contributed by atoms with Crippen molar-refractivity contribution in [2.24, 2.45) is 5.10 Å². The van der Waals surface area contributed by atoms with Gasteiger partial charge < -0.3 is 9.47 Å². The molecule has 0 unspecified atom stereocenters. The van der Waals surface area contributed by atoms with Gasteiger partial charge in [-0.05, 0) is 79.3 Å². The molecule has 0 spiro atoms. The fraction of sp³-hybridized carbons (Fsp3) is 0.250. The number of benzene rings is 2. The van der Waals surface area contributed by atoms with Gasteiger partial charge in [0.05, 0.1) is 39.7 Å². The van der Waals surface area contributed by atoms with Crippen LogP contribution in [0.1, 0.15) is 42.3 Å². The Bertz CT molecular complexity index is 939. The van der Waals surface area contributed by atoms with E-state index in [1.165, 1.54) is 18.3 Å². The second-order valence-electron chi connectivity index (χ2n) is 5.94. The number of nitrogens with zero attached hydrogens (tertiary/aromatic N) is 2. The molecule has 0 saturated heterocycles. The van der Waals surface area contributed by atoms with Crippen LogP contribution in [-0.4, -0.2) is 24.8 Å². The molecule has 0 aliphatic heterocycles. The van der Waals surface area contributed by atoms with Gasteiger partial charge in [0.15, 0.2) is 11.5 Å². The number of ether oxygens (including phenoxy) is 2. The lowest BCUT2D eigenvalue weighted by Crippen LogP contribution is -2.19. The highest BCUT2D eigenvalue weighted by atomic mass is 127. The number of amides is 1. The van der Waals surface area contributed by atoms with Crippen LogP contribution in [0, 0.1) is 20.7 Å². The maximum absolute atomic E-state index is 13.9. The number of nitriles is 1. The molecule has 0 aromatic heterocycles. The quantitative estimate of drug-likeness (QED) is 0.354. The van der Waals surface area contributed by atoms with E-state index in [9.17, 15) is 9.18 Å². The Morgan fingerprint density at radius 1 is 1.39 bits per heavy atom. The largest absolute Gasteiger partial charge is 0.490 e. The minimum atomic E-state index is -0.782. The summed E-state index contributed by atoms with van der Waals surface area (Å²) in [6.45, 7) is 6.21. The van der Waals surface area contributed by atoms with Crippen LogP contribution in [0.15, 0.2) is 35.4 Å². The van der Waals surface area contributed by atoms with Gasteiger partial charge in [0.1, 0.15) is 5.82 Å². The van der Waals surface area contributed by atoms with Crippen LogP contribution in [0.5, 0.6) is 11.5 Å². The Morgan fingerprint density at radius 2 is 2.14 bits per heavy atom. The van der Waals surface area contributed by atoms with Crippen LogP contribution in [-0.2, 0) is 0 Å². The molecule has 0 fully saturated rings. The zero-order valence-corrected chi connectivity index (χ0v) is 17.8. The summed E-state index contributed by atoms with van der Waals surface area (Å²) < 4.78 is 26.2. The first-order chi connectivity index (χ1) is 13.3. The van der Waals surface area contributed by atoms with Crippen molar-refractivity contribution in [2.75, 3.05) is 6.61 Å². The van der Waals surface area contributed by atoms with Crippen LogP contribution in [0.3, 0.4) is 0 Å². The number of hydrogen-bond donors (Lipinski definition) is 1. The molecule has 0 saturated carbocycles. The molecule has 1 N–H and O–H groups in total. The Hall–Kier alpha value is -2.67. The third kappa shape index (κ3) is 5.66. The summed E-state index contributed by atoms with van der Waals surface area (Å²) in [5.41, 5.74) is 2.91. The van der Waals surface area contributed by atoms with E-state index in [1.807, 2.05) is 32.9 Å². The molecule has 8 heteroatoms. The normalized spacial score (nSPS) is 10.8. The van der Waals surface area contributed by atoms with Gasteiger partial charge in [0, 0.05) is 0 Å². The molecule has 0 atom stereocenters. The van der Waals surface area contributed by atoms with Crippen molar-refractivity contribution < 1.29 is 18.7 Å². The molecule has 2 rings (SSSR count). The Kier molecular flexibility index (Phi) is 7.75. The second kappa shape index (κ2) is 10.0. The predicted molar refractivity (Wildman–Crippen MR) is 112 cm³/mol. The molecule has 2 aromatic carbocycles. The average Bonchev–Trinajstić information content (AvgIpc) is 2.64. The highest BCUT2D eigenvalue weighted by Gasteiger charge is 2.14. The minimum absolute atomic E-state index is 0.00570. The van der Waals surface area contributed by atoms with E-state index < -0.39 is 11.7 Å². The minimum Gasteiger partial charge on any atom is -0.490 e. The number of halogens is 2. The van der Waals surface area contributed by atoms with E-state index in [1.54, 1.807) is 6.07 Å². The molecule has 0 radical (unpaired) electrons. The first kappa shape index (κ1) is 21.6. The van der Waals surface area contributed by atoms with E-state index in [0.717, 1.165) is 9.64 Å². The molecule has 0 aliphatic carbocycles.